The van der Waals surface area contributed by atoms with Gasteiger partial charge in [-0.3, -0.25) is 53.0 Å². The van der Waals surface area contributed by atoms with Crippen LogP contribution in [-0.2, 0) is 74.0 Å². The number of nitrogens with two attached hydrogens (primary N) is 2. The number of piperidine rings is 1. The van der Waals surface area contributed by atoms with Crippen LogP contribution >= 0.6 is 0 Å². The average Bonchev–Trinajstić information content (AvgIpc) is 2.05. The first-order valence-corrected chi connectivity index (χ1v) is 30.7. The molecule has 29 heteroatoms. The molecule has 0 radical (unpaired) electrons. The maximum atomic E-state index is 14.1. The largest absolute Gasteiger partial charge is 0.445 e. The van der Waals surface area contributed by atoms with Gasteiger partial charge >= 0.3 is 12.1 Å². The molecule has 2 bridgehead atoms. The van der Waals surface area contributed by atoms with Crippen LogP contribution in [0.2, 0.25) is 0 Å². The van der Waals surface area contributed by atoms with Crippen LogP contribution in [0.5, 0.6) is 0 Å². The standard InChI is InChI=1S/C56H86N12O16S/c1-7-34(2)49(42(82-5)30-47(73)66-27-12-14-41(66)51(83-6)35(3)52(75)59-25-28-85(58,80)81)65(4)48(74)32-62-54(77)50-37-18-21-39(29-37)68(50)56(79)84-33-36-16-19-38(20-17-36)63-53(76)40(13-11-24-60-55(57)78)64-44(70)31-61-43(69)15-9-8-10-26-67-45(71)22-23-46(67)72/h16-17,19-20,22-23,34-35,37,39-42,49-51H,7-15,18,21,24-33H2,1-6H3,(H,59,75)(H,61,69)(H,62,77)(H,63,76)(H,64,70)(H3,57,60,78)(H2,58,80,81)/t34-,35+,37-,39+,40-,41-,42+,49-,50-,51+/m0/s1. The number of rotatable bonds is 34. The molecule has 85 heavy (non-hydrogen) atoms. The van der Waals surface area contributed by atoms with Gasteiger partial charge < -0.3 is 61.6 Å². The SMILES string of the molecule is CC[C@H](C)[C@@H]([C@@H](CC(=O)N1CCC[C@H]1[C@H](OC)[C@@H](C)C(=O)NCCS(N)(=O)=O)OC)N(C)C(=O)CNC(=O)[C@@H]1[C@H]2CC[C@H](C2)N1C(=O)OCc1ccc(NC(=O)[C@H](CCCNC(N)=O)NC(=O)CNC(=O)CCCCCN2C(=O)C=CC2=O)cc1. The molecule has 3 heterocycles. The zero-order valence-corrected chi connectivity index (χ0v) is 50.3. The molecule has 1 saturated carbocycles. The highest BCUT2D eigenvalue weighted by Gasteiger charge is 2.52. The van der Waals surface area contributed by atoms with Crippen LogP contribution in [0.3, 0.4) is 0 Å². The Bertz CT molecular complexity index is 2680. The lowest BCUT2D eigenvalue weighted by molar-refractivity contribution is -0.145. The lowest BCUT2D eigenvalue weighted by atomic mass is 9.90. The molecule has 0 unspecified atom stereocenters. The number of sulfonamides is 1. The predicted octanol–water partition coefficient (Wildman–Crippen LogP) is 0.0907. The molecule has 1 aromatic carbocycles. The number of carbonyl (C=O) groups excluding carboxylic acids is 11. The van der Waals surface area contributed by atoms with Crippen molar-refractivity contribution >= 4 is 81.0 Å². The molecule has 10 atom stereocenters. The first-order chi connectivity index (χ1) is 40.4. The number of urea groups is 1. The second kappa shape index (κ2) is 32.9. The molecule has 0 aromatic heterocycles. The zero-order valence-electron chi connectivity index (χ0n) is 49.5. The molecule has 2 saturated heterocycles. The number of nitrogens with zero attached hydrogens (tertiary/aromatic N) is 4. The topological polar surface area (TPSA) is 387 Å². The summed E-state index contributed by atoms with van der Waals surface area (Å²) >= 11 is 0. The van der Waals surface area contributed by atoms with E-state index in [1.165, 1.54) is 36.2 Å². The Balaban J connectivity index is 1.11. The van der Waals surface area contributed by atoms with Gasteiger partial charge in [0.05, 0.1) is 55.5 Å². The van der Waals surface area contributed by atoms with Gasteiger partial charge in [0.1, 0.15) is 18.7 Å². The van der Waals surface area contributed by atoms with Gasteiger partial charge in [0.2, 0.25) is 51.4 Å². The quantitative estimate of drug-likeness (QED) is 0.0335. The Morgan fingerprint density at radius 2 is 1.53 bits per heavy atom. The van der Waals surface area contributed by atoms with Crippen molar-refractivity contribution < 1.29 is 75.4 Å². The number of likely N-dealkylation sites (tertiary alicyclic amines) is 2. The Labute approximate surface area is 496 Å². The van der Waals surface area contributed by atoms with Gasteiger partial charge in [-0.25, -0.2) is 23.1 Å². The molecule has 5 rings (SSSR count). The normalized spacial score (nSPS) is 20.2. The first-order valence-electron chi connectivity index (χ1n) is 29.0. The molecular formula is C56H86N12O16S. The third-order valence-corrected chi connectivity index (χ3v) is 17.1. The number of amides is 12. The number of hydrogen-bond donors (Lipinski definition) is 8. The van der Waals surface area contributed by atoms with Crippen molar-refractivity contribution in [3.63, 3.8) is 0 Å². The second-order valence-electron chi connectivity index (χ2n) is 22.1. The van der Waals surface area contributed by atoms with Gasteiger partial charge in [0, 0.05) is 77.7 Å². The molecule has 3 aliphatic heterocycles. The molecule has 3 fully saturated rings. The maximum Gasteiger partial charge on any atom is 0.411 e. The summed E-state index contributed by atoms with van der Waals surface area (Å²) in [6.07, 6.45) is 5.89. The van der Waals surface area contributed by atoms with Crippen LogP contribution < -0.4 is 42.8 Å². The summed E-state index contributed by atoms with van der Waals surface area (Å²) in [7, 11) is 0.715. The minimum Gasteiger partial charge on any atom is -0.445 e. The monoisotopic (exact) mass is 1210 g/mol. The third kappa shape index (κ3) is 20.2. The number of primary sulfonamides is 1. The molecule has 1 aliphatic carbocycles. The number of unbranched alkanes of at least 4 members (excludes halogenated alkanes) is 2. The van der Waals surface area contributed by atoms with E-state index in [1.54, 1.807) is 43.1 Å². The number of carbonyl (C=O) groups is 11. The number of methoxy groups -OCH3 is 2. The van der Waals surface area contributed by atoms with Crippen LogP contribution in [0.4, 0.5) is 15.3 Å². The van der Waals surface area contributed by atoms with Gasteiger partial charge in [-0.1, -0.05) is 45.7 Å². The van der Waals surface area contributed by atoms with E-state index in [2.05, 4.69) is 31.9 Å². The summed E-state index contributed by atoms with van der Waals surface area (Å²) in [6.45, 7) is 5.13. The van der Waals surface area contributed by atoms with Crippen LogP contribution in [0, 0.1) is 17.8 Å². The highest BCUT2D eigenvalue weighted by atomic mass is 32.2. The van der Waals surface area contributed by atoms with E-state index in [1.807, 2.05) is 13.8 Å². The summed E-state index contributed by atoms with van der Waals surface area (Å²) in [4.78, 5) is 148. The van der Waals surface area contributed by atoms with Crippen LogP contribution in [-0.4, -0.2) is 202 Å². The lowest BCUT2D eigenvalue weighted by Crippen LogP contribution is -2.56. The second-order valence-corrected chi connectivity index (χ2v) is 23.9. The lowest BCUT2D eigenvalue weighted by Gasteiger charge is -2.39. The summed E-state index contributed by atoms with van der Waals surface area (Å²) in [5.41, 5.74) is 6.08. The predicted molar refractivity (Wildman–Crippen MR) is 308 cm³/mol. The van der Waals surface area contributed by atoms with Crippen molar-refractivity contribution in [2.45, 2.75) is 153 Å². The van der Waals surface area contributed by atoms with Crippen LogP contribution in [0.1, 0.15) is 110 Å². The number of imide groups is 1. The minimum atomic E-state index is -3.79. The smallest absolute Gasteiger partial charge is 0.411 e. The number of ether oxygens (including phenoxy) is 3. The van der Waals surface area contributed by atoms with Crippen molar-refractivity contribution in [2.75, 3.05) is 71.6 Å². The van der Waals surface area contributed by atoms with E-state index in [0.29, 0.717) is 75.6 Å². The summed E-state index contributed by atoms with van der Waals surface area (Å²) in [6, 6.07) is 2.35. The third-order valence-electron chi connectivity index (χ3n) is 16.3. The summed E-state index contributed by atoms with van der Waals surface area (Å²) in [5, 5.41) is 20.8. The number of likely N-dealkylation sites (N-methyl/N-ethyl adjacent to an activating group) is 1. The fourth-order valence-electron chi connectivity index (χ4n) is 11.6. The van der Waals surface area contributed by atoms with Crippen molar-refractivity contribution in [1.29, 1.82) is 0 Å². The Kier molecular flexibility index (Phi) is 26.5. The molecular weight excluding hydrogens is 1130 g/mol. The Hall–Kier alpha value is -7.24. The van der Waals surface area contributed by atoms with Crippen molar-refractivity contribution in [1.82, 2.24) is 46.2 Å². The van der Waals surface area contributed by atoms with Crippen molar-refractivity contribution in [3.05, 3.63) is 42.0 Å². The van der Waals surface area contributed by atoms with E-state index < -0.39 is 119 Å². The fourth-order valence-corrected chi connectivity index (χ4v) is 12.0. The Morgan fingerprint density at radius 1 is 0.824 bits per heavy atom. The number of nitrogens with one attached hydrogen (secondary N) is 6. The fraction of sp³-hybridized carbons (Fsp3) is 0.661. The minimum absolute atomic E-state index is 0.0982. The molecule has 12 amide bonds. The van der Waals surface area contributed by atoms with Crippen LogP contribution in [0.25, 0.3) is 0 Å². The molecule has 1 aromatic rings. The van der Waals surface area contributed by atoms with Gasteiger partial charge in [-0.2, -0.15) is 0 Å². The average molecular weight is 1220 g/mol. The molecule has 28 nitrogen and oxygen atoms in total. The summed E-state index contributed by atoms with van der Waals surface area (Å²) < 4.78 is 40.3. The van der Waals surface area contributed by atoms with E-state index in [9.17, 15) is 61.2 Å². The number of anilines is 1. The first kappa shape index (κ1) is 68.5. The van der Waals surface area contributed by atoms with E-state index in [-0.39, 0.29) is 87.5 Å². The maximum absolute atomic E-state index is 14.1. The molecule has 10 N–H and O–H groups in total. The van der Waals surface area contributed by atoms with Crippen molar-refractivity contribution in [3.8, 4) is 0 Å². The van der Waals surface area contributed by atoms with Crippen LogP contribution in [0.15, 0.2) is 36.4 Å². The molecule has 4 aliphatic rings. The number of fused-ring (bicyclic) bond motifs is 2. The van der Waals surface area contributed by atoms with Gasteiger partial charge in [0.15, 0.2) is 0 Å². The van der Waals surface area contributed by atoms with Gasteiger partial charge in [-0.05, 0) is 87.3 Å². The molecule has 472 valence electrons. The number of hydrogen-bond acceptors (Lipinski definition) is 16. The number of primary amides is 1. The Morgan fingerprint density at radius 3 is 2.18 bits per heavy atom. The van der Waals surface area contributed by atoms with Gasteiger partial charge in [0.25, 0.3) is 11.8 Å². The highest BCUT2D eigenvalue weighted by Crippen LogP contribution is 2.43. The van der Waals surface area contributed by atoms with E-state index in [4.69, 9.17) is 25.1 Å². The zero-order chi connectivity index (χ0) is 62.5. The highest BCUT2D eigenvalue weighted by molar-refractivity contribution is 7.89. The van der Waals surface area contributed by atoms with Gasteiger partial charge in [-0.15, -0.1) is 0 Å². The molecule has 0 spiro atoms. The van der Waals surface area contributed by atoms with Crippen molar-refractivity contribution in [2.24, 2.45) is 28.6 Å². The summed E-state index contributed by atoms with van der Waals surface area (Å²) in [5.74, 6) is -5.54. The van der Waals surface area contributed by atoms with E-state index in [0.717, 1.165) is 4.90 Å². The van der Waals surface area contributed by atoms with E-state index >= 15 is 0 Å². The number of benzene rings is 1.